The van der Waals surface area contributed by atoms with Crippen molar-refractivity contribution in [1.29, 1.82) is 0 Å². The molecule has 2 fully saturated rings. The molecule has 2 aliphatic rings. The Kier molecular flexibility index (Phi) is 3.92. The largest absolute Gasteiger partial charge is 0.398 e. The number of benzene rings is 1. The SMILES string of the molecule is Cc1cccc(N)c1C(=O)N1CCC(C)C2CCCCC21. The Morgan fingerprint density at radius 2 is 2.00 bits per heavy atom. The molecule has 2 N–H and O–H groups in total. The topological polar surface area (TPSA) is 46.3 Å². The highest BCUT2D eigenvalue weighted by molar-refractivity contribution is 6.00. The molecule has 0 aromatic heterocycles. The lowest BCUT2D eigenvalue weighted by Crippen LogP contribution is -2.52. The van der Waals surface area contributed by atoms with Crippen LogP contribution in [-0.2, 0) is 0 Å². The van der Waals surface area contributed by atoms with Gasteiger partial charge in [-0.15, -0.1) is 0 Å². The first-order valence-corrected chi connectivity index (χ1v) is 8.25. The number of likely N-dealkylation sites (tertiary alicyclic amines) is 1. The van der Waals surface area contributed by atoms with Gasteiger partial charge in [-0.25, -0.2) is 0 Å². The normalized spacial score (nSPS) is 29.0. The van der Waals surface area contributed by atoms with E-state index in [1.807, 2.05) is 25.1 Å². The van der Waals surface area contributed by atoms with E-state index in [0.717, 1.165) is 36.4 Å². The van der Waals surface area contributed by atoms with E-state index in [2.05, 4.69) is 11.8 Å². The van der Waals surface area contributed by atoms with Crippen molar-refractivity contribution < 1.29 is 4.79 Å². The number of amides is 1. The van der Waals surface area contributed by atoms with Gasteiger partial charge in [0.2, 0.25) is 0 Å². The molecule has 1 aliphatic carbocycles. The standard InChI is InChI=1S/C18H26N2O/c1-12-10-11-20(16-9-4-3-7-14(12)16)18(21)17-13(2)6-5-8-15(17)19/h5-6,8,12,14,16H,3-4,7,9-11,19H2,1-2H3. The predicted molar refractivity (Wildman–Crippen MR) is 86.2 cm³/mol. The molecule has 3 rings (SSSR count). The van der Waals surface area contributed by atoms with Crippen molar-refractivity contribution in [3.05, 3.63) is 29.3 Å². The van der Waals surface area contributed by atoms with Crippen molar-refractivity contribution in [2.45, 2.75) is 52.0 Å². The summed E-state index contributed by atoms with van der Waals surface area (Å²) in [5.41, 5.74) is 8.40. The van der Waals surface area contributed by atoms with Crippen LogP contribution in [0, 0.1) is 18.8 Å². The third-order valence-corrected chi connectivity index (χ3v) is 5.52. The van der Waals surface area contributed by atoms with Gasteiger partial charge in [-0.2, -0.15) is 0 Å². The van der Waals surface area contributed by atoms with Crippen LogP contribution < -0.4 is 5.73 Å². The summed E-state index contributed by atoms with van der Waals surface area (Å²) in [6.07, 6.45) is 6.13. The minimum atomic E-state index is 0.148. The number of hydrogen-bond donors (Lipinski definition) is 1. The Labute approximate surface area is 127 Å². The second kappa shape index (κ2) is 5.70. The number of carbonyl (C=O) groups excluding carboxylic acids is 1. The zero-order valence-corrected chi connectivity index (χ0v) is 13.1. The first-order valence-electron chi connectivity index (χ1n) is 8.25. The van der Waals surface area contributed by atoms with Crippen molar-refractivity contribution in [3.8, 4) is 0 Å². The van der Waals surface area contributed by atoms with Crippen molar-refractivity contribution >= 4 is 11.6 Å². The molecule has 1 aromatic carbocycles. The molecule has 1 saturated heterocycles. The molecule has 3 unspecified atom stereocenters. The lowest BCUT2D eigenvalue weighted by atomic mass is 9.72. The molecule has 3 nitrogen and oxygen atoms in total. The summed E-state index contributed by atoms with van der Waals surface area (Å²) < 4.78 is 0. The van der Waals surface area contributed by atoms with Gasteiger partial charge in [-0.05, 0) is 49.7 Å². The number of hydrogen-bond acceptors (Lipinski definition) is 2. The van der Waals surface area contributed by atoms with Gasteiger partial charge in [0.15, 0.2) is 0 Å². The first-order chi connectivity index (χ1) is 10.1. The monoisotopic (exact) mass is 286 g/mol. The molecule has 1 heterocycles. The van der Waals surface area contributed by atoms with Gasteiger partial charge in [0.1, 0.15) is 0 Å². The number of nitrogens with zero attached hydrogens (tertiary/aromatic N) is 1. The highest BCUT2D eigenvalue weighted by Crippen LogP contribution is 2.39. The van der Waals surface area contributed by atoms with Crippen molar-refractivity contribution in [1.82, 2.24) is 4.90 Å². The van der Waals surface area contributed by atoms with Gasteiger partial charge >= 0.3 is 0 Å². The number of piperidine rings is 1. The van der Waals surface area contributed by atoms with E-state index in [9.17, 15) is 4.79 Å². The molecule has 1 aromatic rings. The fourth-order valence-electron chi connectivity index (χ4n) is 4.29. The summed E-state index contributed by atoms with van der Waals surface area (Å²) in [6, 6.07) is 6.16. The van der Waals surface area contributed by atoms with E-state index >= 15 is 0 Å². The van der Waals surface area contributed by atoms with E-state index in [1.54, 1.807) is 0 Å². The van der Waals surface area contributed by atoms with Crippen molar-refractivity contribution in [2.75, 3.05) is 12.3 Å². The Balaban J connectivity index is 1.90. The molecule has 1 amide bonds. The van der Waals surface area contributed by atoms with Crippen LogP contribution in [0.15, 0.2) is 18.2 Å². The third kappa shape index (κ3) is 2.54. The van der Waals surface area contributed by atoms with Crippen LogP contribution in [0.5, 0.6) is 0 Å². The zero-order valence-electron chi connectivity index (χ0n) is 13.1. The molecule has 0 spiro atoms. The average Bonchev–Trinajstić information content (AvgIpc) is 2.47. The van der Waals surface area contributed by atoms with Crippen LogP contribution >= 0.6 is 0 Å². The Morgan fingerprint density at radius 3 is 2.76 bits per heavy atom. The molecule has 0 bridgehead atoms. The minimum Gasteiger partial charge on any atom is -0.398 e. The van der Waals surface area contributed by atoms with Gasteiger partial charge in [-0.1, -0.05) is 31.9 Å². The highest BCUT2D eigenvalue weighted by atomic mass is 16.2. The van der Waals surface area contributed by atoms with Crippen molar-refractivity contribution in [2.24, 2.45) is 11.8 Å². The van der Waals surface area contributed by atoms with Gasteiger partial charge < -0.3 is 10.6 Å². The van der Waals surface area contributed by atoms with E-state index in [4.69, 9.17) is 5.73 Å². The Bertz CT molecular complexity index is 520. The maximum absolute atomic E-state index is 13.0. The maximum atomic E-state index is 13.0. The summed E-state index contributed by atoms with van der Waals surface area (Å²) >= 11 is 0. The van der Waals surface area contributed by atoms with Crippen molar-refractivity contribution in [3.63, 3.8) is 0 Å². The third-order valence-electron chi connectivity index (χ3n) is 5.52. The molecular weight excluding hydrogens is 260 g/mol. The van der Waals surface area contributed by atoms with E-state index in [-0.39, 0.29) is 5.91 Å². The Hall–Kier alpha value is -1.51. The summed E-state index contributed by atoms with van der Waals surface area (Å²) in [5.74, 6) is 1.57. The van der Waals surface area contributed by atoms with Gasteiger partial charge in [0, 0.05) is 18.3 Å². The lowest BCUT2D eigenvalue weighted by Gasteiger charge is -2.47. The minimum absolute atomic E-state index is 0.148. The number of nitrogens with two attached hydrogens (primary N) is 1. The predicted octanol–water partition coefficient (Wildman–Crippen LogP) is 3.62. The number of anilines is 1. The van der Waals surface area contributed by atoms with Gasteiger partial charge in [-0.3, -0.25) is 4.79 Å². The summed E-state index contributed by atoms with van der Waals surface area (Å²) in [4.78, 5) is 15.2. The molecule has 3 atom stereocenters. The first kappa shape index (κ1) is 14.4. The zero-order chi connectivity index (χ0) is 15.0. The second-order valence-electron chi connectivity index (χ2n) is 6.82. The molecule has 0 radical (unpaired) electrons. The number of carbonyl (C=O) groups is 1. The van der Waals surface area contributed by atoms with Crippen LogP contribution in [0.1, 0.15) is 54.9 Å². The summed E-state index contributed by atoms with van der Waals surface area (Å²) in [5, 5.41) is 0. The molecule has 114 valence electrons. The number of fused-ring (bicyclic) bond motifs is 1. The fraction of sp³-hybridized carbons (Fsp3) is 0.611. The summed E-state index contributed by atoms with van der Waals surface area (Å²) in [7, 11) is 0. The van der Waals surface area contributed by atoms with Crippen LogP contribution in [0.4, 0.5) is 5.69 Å². The maximum Gasteiger partial charge on any atom is 0.256 e. The number of nitrogen functional groups attached to an aromatic ring is 1. The Morgan fingerprint density at radius 1 is 1.24 bits per heavy atom. The van der Waals surface area contributed by atoms with Crippen LogP contribution in [0.3, 0.4) is 0 Å². The fourth-order valence-corrected chi connectivity index (χ4v) is 4.29. The molecule has 3 heteroatoms. The average molecular weight is 286 g/mol. The van der Waals surface area contributed by atoms with E-state index in [0.29, 0.717) is 17.6 Å². The van der Waals surface area contributed by atoms with Gasteiger partial charge in [0.25, 0.3) is 5.91 Å². The number of rotatable bonds is 1. The summed E-state index contributed by atoms with van der Waals surface area (Å²) in [6.45, 7) is 5.22. The van der Waals surface area contributed by atoms with Gasteiger partial charge in [0.05, 0.1) is 5.56 Å². The lowest BCUT2D eigenvalue weighted by molar-refractivity contribution is 0.0218. The highest BCUT2D eigenvalue weighted by Gasteiger charge is 2.40. The van der Waals surface area contributed by atoms with Crippen LogP contribution in [0.25, 0.3) is 0 Å². The van der Waals surface area contributed by atoms with E-state index < -0.39 is 0 Å². The number of aryl methyl sites for hydroxylation is 1. The quantitative estimate of drug-likeness (QED) is 0.801. The second-order valence-corrected chi connectivity index (χ2v) is 6.82. The smallest absolute Gasteiger partial charge is 0.256 e. The molecule has 1 saturated carbocycles. The molecule has 1 aliphatic heterocycles. The van der Waals surface area contributed by atoms with E-state index in [1.165, 1.54) is 19.3 Å². The molecule has 21 heavy (non-hydrogen) atoms. The molecular formula is C18H26N2O. The van der Waals surface area contributed by atoms with Crippen LogP contribution in [0.2, 0.25) is 0 Å². The van der Waals surface area contributed by atoms with Crippen LogP contribution in [-0.4, -0.2) is 23.4 Å².